The van der Waals surface area contributed by atoms with Gasteiger partial charge in [0.25, 0.3) is 0 Å². The summed E-state index contributed by atoms with van der Waals surface area (Å²) in [5.74, 6) is -0.658. The molecule has 1 aliphatic heterocycles. The second kappa shape index (κ2) is 9.55. The van der Waals surface area contributed by atoms with Gasteiger partial charge in [0.15, 0.2) is 5.82 Å². The minimum Gasteiger partial charge on any atom is -0.343 e. The van der Waals surface area contributed by atoms with Gasteiger partial charge in [-0.25, -0.2) is 9.07 Å². The van der Waals surface area contributed by atoms with E-state index in [-0.39, 0.29) is 17.7 Å². The number of benzene rings is 2. The maximum atomic E-state index is 14.4. The molecule has 0 aliphatic carbocycles. The average molecular weight is 420 g/mol. The highest BCUT2D eigenvalue weighted by atomic mass is 19.1. The Morgan fingerprint density at radius 3 is 2.52 bits per heavy atom. The molecule has 0 bridgehead atoms. The molecule has 4 rings (SSSR count). The summed E-state index contributed by atoms with van der Waals surface area (Å²) in [6.45, 7) is 1.14. The van der Waals surface area contributed by atoms with E-state index in [1.807, 2.05) is 35.2 Å². The van der Waals surface area contributed by atoms with Crippen LogP contribution in [0, 0.1) is 11.7 Å². The topological polar surface area (TPSA) is 67.2 Å². The number of nitrogens with zero attached hydrogens (tertiary/aromatic N) is 3. The number of halogens is 1. The van der Waals surface area contributed by atoms with Gasteiger partial charge in [0.1, 0.15) is 5.69 Å². The Hall–Kier alpha value is -3.48. The first-order valence-electron chi connectivity index (χ1n) is 10.5. The van der Waals surface area contributed by atoms with Gasteiger partial charge in [-0.05, 0) is 49.1 Å². The first kappa shape index (κ1) is 20.8. The Morgan fingerprint density at radius 2 is 1.84 bits per heavy atom. The molecule has 0 saturated carbocycles. The normalized spacial score (nSPS) is 14.4. The Labute approximate surface area is 180 Å². The van der Waals surface area contributed by atoms with Crippen LogP contribution in [0.5, 0.6) is 0 Å². The summed E-state index contributed by atoms with van der Waals surface area (Å²) in [4.78, 5) is 26.9. The van der Waals surface area contributed by atoms with Crippen LogP contribution in [0.15, 0.2) is 67.0 Å². The van der Waals surface area contributed by atoms with Crippen LogP contribution in [0.25, 0.3) is 5.69 Å². The van der Waals surface area contributed by atoms with Gasteiger partial charge in [0.2, 0.25) is 11.8 Å². The van der Waals surface area contributed by atoms with Crippen LogP contribution >= 0.6 is 0 Å². The average Bonchev–Trinajstić information content (AvgIpc) is 3.33. The molecule has 1 saturated heterocycles. The van der Waals surface area contributed by atoms with Crippen molar-refractivity contribution in [2.75, 3.05) is 18.4 Å². The summed E-state index contributed by atoms with van der Waals surface area (Å²) in [5, 5.41) is 6.82. The first-order chi connectivity index (χ1) is 15.1. The Balaban J connectivity index is 1.26. The van der Waals surface area contributed by atoms with Crippen molar-refractivity contribution in [2.24, 2.45) is 5.92 Å². The fourth-order valence-electron chi connectivity index (χ4n) is 3.87. The molecular formula is C24H25FN4O2. The molecule has 160 valence electrons. The van der Waals surface area contributed by atoms with Crippen LogP contribution < -0.4 is 5.32 Å². The highest BCUT2D eigenvalue weighted by Crippen LogP contribution is 2.22. The van der Waals surface area contributed by atoms with E-state index in [0.717, 1.165) is 12.0 Å². The summed E-state index contributed by atoms with van der Waals surface area (Å²) in [5.41, 5.74) is 1.89. The van der Waals surface area contributed by atoms with Gasteiger partial charge >= 0.3 is 0 Å². The fourth-order valence-corrected chi connectivity index (χ4v) is 3.87. The van der Waals surface area contributed by atoms with Crippen molar-refractivity contribution in [1.29, 1.82) is 0 Å². The molecule has 7 heteroatoms. The van der Waals surface area contributed by atoms with Gasteiger partial charge in [-0.1, -0.05) is 30.3 Å². The number of rotatable bonds is 6. The van der Waals surface area contributed by atoms with Gasteiger partial charge in [-0.2, -0.15) is 5.10 Å². The third kappa shape index (κ3) is 5.17. The number of piperidine rings is 1. The summed E-state index contributed by atoms with van der Waals surface area (Å²) >= 11 is 0. The Kier molecular flexibility index (Phi) is 6.40. The van der Waals surface area contributed by atoms with Gasteiger partial charge in [0, 0.05) is 43.5 Å². The van der Waals surface area contributed by atoms with Crippen LogP contribution in [0.1, 0.15) is 24.8 Å². The third-order valence-electron chi connectivity index (χ3n) is 5.66. The van der Waals surface area contributed by atoms with Crippen LogP contribution in [-0.4, -0.2) is 39.6 Å². The van der Waals surface area contributed by atoms with Gasteiger partial charge in [-0.3, -0.25) is 9.59 Å². The number of carbonyl (C=O) groups excluding carboxylic acids is 2. The molecule has 1 aliphatic rings. The molecule has 0 unspecified atom stereocenters. The lowest BCUT2D eigenvalue weighted by Gasteiger charge is -2.31. The van der Waals surface area contributed by atoms with E-state index in [0.29, 0.717) is 43.7 Å². The number of hydrogen-bond donors (Lipinski definition) is 1. The predicted molar refractivity (Wildman–Crippen MR) is 116 cm³/mol. The van der Waals surface area contributed by atoms with E-state index in [1.54, 1.807) is 30.6 Å². The van der Waals surface area contributed by atoms with E-state index in [4.69, 9.17) is 0 Å². The van der Waals surface area contributed by atoms with E-state index in [2.05, 4.69) is 10.4 Å². The summed E-state index contributed by atoms with van der Waals surface area (Å²) < 4.78 is 15.8. The maximum Gasteiger partial charge on any atom is 0.227 e. The highest BCUT2D eigenvalue weighted by Gasteiger charge is 2.27. The Morgan fingerprint density at radius 1 is 1.06 bits per heavy atom. The molecule has 0 radical (unpaired) electrons. The summed E-state index contributed by atoms with van der Waals surface area (Å²) in [7, 11) is 0. The Bertz CT molecular complexity index is 1030. The molecule has 1 N–H and O–H groups in total. The molecule has 31 heavy (non-hydrogen) atoms. The number of hydrogen-bond acceptors (Lipinski definition) is 3. The van der Waals surface area contributed by atoms with Gasteiger partial charge < -0.3 is 10.2 Å². The summed E-state index contributed by atoms with van der Waals surface area (Å²) in [6, 6.07) is 16.2. The lowest BCUT2D eigenvalue weighted by Crippen LogP contribution is -2.41. The zero-order chi connectivity index (χ0) is 21.6. The molecule has 1 fully saturated rings. The second-order valence-electron chi connectivity index (χ2n) is 7.75. The highest BCUT2D eigenvalue weighted by molar-refractivity contribution is 5.92. The van der Waals surface area contributed by atoms with Crippen LogP contribution in [0.3, 0.4) is 0 Å². The predicted octanol–water partition coefficient (Wildman–Crippen LogP) is 3.82. The van der Waals surface area contributed by atoms with Gasteiger partial charge in [-0.15, -0.1) is 0 Å². The van der Waals surface area contributed by atoms with Gasteiger partial charge in [0.05, 0.1) is 0 Å². The largest absolute Gasteiger partial charge is 0.343 e. The van der Waals surface area contributed by atoms with Crippen molar-refractivity contribution in [3.05, 3.63) is 78.4 Å². The van der Waals surface area contributed by atoms with Crippen molar-refractivity contribution in [1.82, 2.24) is 14.7 Å². The molecular weight excluding hydrogens is 395 g/mol. The second-order valence-corrected chi connectivity index (χ2v) is 7.75. The van der Waals surface area contributed by atoms with Crippen LogP contribution in [0.4, 0.5) is 10.1 Å². The quantitative estimate of drug-likeness (QED) is 0.659. The van der Waals surface area contributed by atoms with Crippen molar-refractivity contribution >= 4 is 17.5 Å². The van der Waals surface area contributed by atoms with Crippen LogP contribution in [-0.2, 0) is 16.0 Å². The zero-order valence-electron chi connectivity index (χ0n) is 17.2. The standard InChI is InChI=1S/C24H25FN4O2/c25-21-17-20(8-9-22(21)29-14-4-13-26-29)27-24(31)19-11-15-28(16-12-19)23(30)10-7-18-5-2-1-3-6-18/h1-6,8-9,13-14,17,19H,7,10-12,15-16H2,(H,27,31). The van der Waals surface area contributed by atoms with Crippen molar-refractivity contribution < 1.29 is 14.0 Å². The number of nitrogens with one attached hydrogen (secondary N) is 1. The molecule has 0 spiro atoms. The van der Waals surface area contributed by atoms with Crippen molar-refractivity contribution in [3.8, 4) is 5.69 Å². The zero-order valence-corrected chi connectivity index (χ0v) is 17.2. The lowest BCUT2D eigenvalue weighted by molar-refractivity contribution is -0.134. The van der Waals surface area contributed by atoms with E-state index >= 15 is 0 Å². The fraction of sp³-hybridized carbons (Fsp3) is 0.292. The van der Waals surface area contributed by atoms with E-state index in [1.165, 1.54) is 10.7 Å². The van der Waals surface area contributed by atoms with Crippen molar-refractivity contribution in [2.45, 2.75) is 25.7 Å². The number of aryl methyl sites for hydroxylation is 1. The van der Waals surface area contributed by atoms with Crippen molar-refractivity contribution in [3.63, 3.8) is 0 Å². The third-order valence-corrected chi connectivity index (χ3v) is 5.66. The summed E-state index contributed by atoms with van der Waals surface area (Å²) in [6.07, 6.45) is 5.65. The first-order valence-corrected chi connectivity index (χ1v) is 10.5. The number of amides is 2. The molecule has 2 aromatic carbocycles. The number of likely N-dealkylation sites (tertiary alicyclic amines) is 1. The number of aromatic nitrogens is 2. The maximum absolute atomic E-state index is 14.4. The van der Waals surface area contributed by atoms with E-state index in [9.17, 15) is 14.0 Å². The molecule has 0 atom stereocenters. The molecule has 2 amide bonds. The minimum atomic E-state index is -0.458. The smallest absolute Gasteiger partial charge is 0.227 e. The molecule has 1 aromatic heterocycles. The minimum absolute atomic E-state index is 0.124. The number of anilines is 1. The van der Waals surface area contributed by atoms with E-state index < -0.39 is 5.82 Å². The van der Waals surface area contributed by atoms with Crippen LogP contribution in [0.2, 0.25) is 0 Å². The molecule has 2 heterocycles. The lowest BCUT2D eigenvalue weighted by atomic mass is 9.95. The SMILES string of the molecule is O=C(Nc1ccc(-n2cccn2)c(F)c1)C1CCN(C(=O)CCc2ccccc2)CC1. The number of carbonyl (C=O) groups is 2. The monoisotopic (exact) mass is 420 g/mol. The molecule has 3 aromatic rings. The molecule has 6 nitrogen and oxygen atoms in total.